The lowest BCUT2D eigenvalue weighted by atomic mass is 10.2. The lowest BCUT2D eigenvalue weighted by Crippen LogP contribution is -2.36. The number of thiophene rings is 1. The smallest absolute Gasteiger partial charge is 0.252 e. The van der Waals surface area contributed by atoms with Crippen LogP contribution in [0.1, 0.15) is 24.1 Å². The van der Waals surface area contributed by atoms with E-state index in [0.717, 1.165) is 47.6 Å². The Morgan fingerprint density at radius 3 is 2.66 bits per heavy atom. The van der Waals surface area contributed by atoms with E-state index in [1.807, 2.05) is 42.5 Å². The number of halogens is 1. The van der Waals surface area contributed by atoms with Crippen LogP contribution in [0.25, 0.3) is 0 Å². The molecule has 0 saturated carbocycles. The van der Waals surface area contributed by atoms with Crippen molar-refractivity contribution < 1.29 is 17.9 Å². The summed E-state index contributed by atoms with van der Waals surface area (Å²) in [6.45, 7) is 1.77. The first-order valence-corrected chi connectivity index (χ1v) is 13.1. The van der Waals surface area contributed by atoms with Crippen molar-refractivity contribution in [1.29, 1.82) is 0 Å². The Hall–Kier alpha value is -1.97. The third-order valence-electron chi connectivity index (χ3n) is 5.21. The molecule has 0 N–H and O–H groups in total. The van der Waals surface area contributed by atoms with Crippen LogP contribution in [0.5, 0.6) is 5.75 Å². The molecule has 9 heteroatoms. The second kappa shape index (κ2) is 10.8. The Balaban J connectivity index is 1.42. The molecule has 3 aromatic rings. The summed E-state index contributed by atoms with van der Waals surface area (Å²) in [5, 5.41) is 0. The Kier molecular flexibility index (Phi) is 7.80. The molecular formula is C23H25ClN2O4S2. The van der Waals surface area contributed by atoms with Crippen molar-refractivity contribution in [3.63, 3.8) is 0 Å². The number of hydrogen-bond donors (Lipinski definition) is 0. The van der Waals surface area contributed by atoms with Gasteiger partial charge in [-0.05, 0) is 54.8 Å². The van der Waals surface area contributed by atoms with Crippen molar-refractivity contribution in [1.82, 2.24) is 9.29 Å². The van der Waals surface area contributed by atoms with Gasteiger partial charge in [0.25, 0.3) is 10.0 Å². The Bertz CT molecular complexity index is 1100. The SMILES string of the molecule is O=S(=O)(c1ccc(Cl)s1)N(Cc1ccc(OCCc2ccccn2)cc1)C[C@@H]1CCCO1. The van der Waals surface area contributed by atoms with Gasteiger partial charge in [0.2, 0.25) is 0 Å². The van der Waals surface area contributed by atoms with Crippen LogP contribution >= 0.6 is 22.9 Å². The average molecular weight is 493 g/mol. The van der Waals surface area contributed by atoms with E-state index in [2.05, 4.69) is 4.98 Å². The van der Waals surface area contributed by atoms with Crippen molar-refractivity contribution in [3.8, 4) is 5.75 Å². The minimum absolute atomic E-state index is 0.0885. The standard InChI is InChI=1S/C23H25ClN2O4S2/c24-22-10-11-23(31-22)32(27,28)26(17-21-5-3-14-29-21)16-18-6-8-20(9-7-18)30-15-12-19-4-1-2-13-25-19/h1-2,4,6-11,13,21H,3,5,12,14-17H2/t21-/m0/s1. The molecule has 1 atom stereocenters. The molecule has 1 aliphatic rings. The summed E-state index contributed by atoms with van der Waals surface area (Å²) in [6.07, 6.45) is 4.22. The van der Waals surface area contributed by atoms with Gasteiger partial charge < -0.3 is 9.47 Å². The second-order valence-electron chi connectivity index (χ2n) is 7.55. The van der Waals surface area contributed by atoms with E-state index < -0.39 is 10.0 Å². The first-order valence-electron chi connectivity index (χ1n) is 10.5. The highest BCUT2D eigenvalue weighted by molar-refractivity contribution is 7.91. The predicted molar refractivity (Wildman–Crippen MR) is 126 cm³/mol. The van der Waals surface area contributed by atoms with Crippen LogP contribution in [0, 0.1) is 0 Å². The second-order valence-corrected chi connectivity index (χ2v) is 11.4. The number of ether oxygens (including phenoxy) is 2. The zero-order valence-corrected chi connectivity index (χ0v) is 19.9. The van der Waals surface area contributed by atoms with Gasteiger partial charge in [0.05, 0.1) is 17.0 Å². The fourth-order valence-corrected chi connectivity index (χ4v) is 6.64. The molecule has 4 rings (SSSR count). The summed E-state index contributed by atoms with van der Waals surface area (Å²) in [5.41, 5.74) is 1.86. The third kappa shape index (κ3) is 6.08. The maximum Gasteiger partial charge on any atom is 0.252 e. The van der Waals surface area contributed by atoms with Crippen LogP contribution in [0.4, 0.5) is 0 Å². The molecule has 0 unspecified atom stereocenters. The molecule has 2 aromatic heterocycles. The molecule has 3 heterocycles. The minimum atomic E-state index is -3.67. The van der Waals surface area contributed by atoms with E-state index >= 15 is 0 Å². The molecule has 1 fully saturated rings. The van der Waals surface area contributed by atoms with Gasteiger partial charge in [-0.2, -0.15) is 4.31 Å². The lowest BCUT2D eigenvalue weighted by Gasteiger charge is -2.24. The Labute approximate surface area is 197 Å². The fourth-order valence-electron chi connectivity index (χ4n) is 3.54. The van der Waals surface area contributed by atoms with Gasteiger partial charge in [0, 0.05) is 38.0 Å². The van der Waals surface area contributed by atoms with Gasteiger partial charge in [-0.15, -0.1) is 11.3 Å². The van der Waals surface area contributed by atoms with Crippen LogP contribution in [0.15, 0.2) is 65.0 Å². The summed E-state index contributed by atoms with van der Waals surface area (Å²) >= 11 is 7.06. The van der Waals surface area contributed by atoms with E-state index in [0.29, 0.717) is 24.1 Å². The first kappa shape index (κ1) is 23.2. The molecule has 1 aromatic carbocycles. The summed E-state index contributed by atoms with van der Waals surface area (Å²) in [4.78, 5) is 4.29. The molecule has 0 radical (unpaired) electrons. The highest BCUT2D eigenvalue weighted by atomic mass is 35.5. The fraction of sp³-hybridized carbons (Fsp3) is 0.348. The summed E-state index contributed by atoms with van der Waals surface area (Å²) in [7, 11) is -3.67. The van der Waals surface area contributed by atoms with Crippen molar-refractivity contribution in [2.24, 2.45) is 0 Å². The van der Waals surface area contributed by atoms with Crippen LogP contribution in [0.3, 0.4) is 0 Å². The Morgan fingerprint density at radius 2 is 2.00 bits per heavy atom. The predicted octanol–water partition coefficient (Wildman–Crippen LogP) is 4.79. The molecule has 0 amide bonds. The number of sulfonamides is 1. The van der Waals surface area contributed by atoms with E-state index in [-0.39, 0.29) is 16.9 Å². The number of hydrogen-bond acceptors (Lipinski definition) is 6. The normalized spacial score (nSPS) is 16.5. The van der Waals surface area contributed by atoms with Crippen LogP contribution in [0.2, 0.25) is 4.34 Å². The lowest BCUT2D eigenvalue weighted by molar-refractivity contribution is 0.0926. The highest BCUT2D eigenvalue weighted by Crippen LogP contribution is 2.30. The van der Waals surface area contributed by atoms with Crippen molar-refractivity contribution in [2.75, 3.05) is 19.8 Å². The van der Waals surface area contributed by atoms with Gasteiger partial charge in [-0.1, -0.05) is 29.8 Å². The zero-order valence-electron chi connectivity index (χ0n) is 17.5. The molecule has 6 nitrogen and oxygen atoms in total. The summed E-state index contributed by atoms with van der Waals surface area (Å²) in [5.74, 6) is 0.739. The van der Waals surface area contributed by atoms with E-state index in [4.69, 9.17) is 21.1 Å². The van der Waals surface area contributed by atoms with Gasteiger partial charge in [0.15, 0.2) is 0 Å². The van der Waals surface area contributed by atoms with Crippen molar-refractivity contribution in [3.05, 3.63) is 76.4 Å². The highest BCUT2D eigenvalue weighted by Gasteiger charge is 2.30. The topological polar surface area (TPSA) is 68.7 Å². The number of aromatic nitrogens is 1. The molecule has 0 aliphatic carbocycles. The van der Waals surface area contributed by atoms with Gasteiger partial charge in [0.1, 0.15) is 9.96 Å². The molecule has 1 saturated heterocycles. The van der Waals surface area contributed by atoms with Gasteiger partial charge >= 0.3 is 0 Å². The number of benzene rings is 1. The molecule has 32 heavy (non-hydrogen) atoms. The number of rotatable bonds is 10. The molecule has 0 spiro atoms. The van der Waals surface area contributed by atoms with Crippen molar-refractivity contribution in [2.45, 2.75) is 36.1 Å². The number of pyridine rings is 1. The summed E-state index contributed by atoms with van der Waals surface area (Å²) < 4.78 is 40.2. The van der Waals surface area contributed by atoms with Gasteiger partial charge in [-0.3, -0.25) is 4.98 Å². The van der Waals surface area contributed by atoms with Crippen LogP contribution < -0.4 is 4.74 Å². The first-order chi connectivity index (χ1) is 15.5. The summed E-state index contributed by atoms with van der Waals surface area (Å²) in [6, 6.07) is 16.5. The monoisotopic (exact) mass is 492 g/mol. The quantitative estimate of drug-likeness (QED) is 0.407. The third-order valence-corrected chi connectivity index (χ3v) is 8.72. The van der Waals surface area contributed by atoms with E-state index in [9.17, 15) is 8.42 Å². The molecule has 1 aliphatic heterocycles. The minimum Gasteiger partial charge on any atom is -0.493 e. The molecular weight excluding hydrogens is 468 g/mol. The van der Waals surface area contributed by atoms with E-state index in [1.165, 1.54) is 4.31 Å². The van der Waals surface area contributed by atoms with Crippen molar-refractivity contribution >= 4 is 33.0 Å². The molecule has 0 bridgehead atoms. The molecule has 170 valence electrons. The maximum atomic E-state index is 13.3. The average Bonchev–Trinajstić information content (AvgIpc) is 3.47. The Morgan fingerprint density at radius 1 is 1.16 bits per heavy atom. The van der Waals surface area contributed by atoms with Gasteiger partial charge in [-0.25, -0.2) is 8.42 Å². The largest absolute Gasteiger partial charge is 0.493 e. The van der Waals surface area contributed by atoms with Crippen LogP contribution in [-0.4, -0.2) is 43.6 Å². The zero-order chi connectivity index (χ0) is 22.4. The maximum absolute atomic E-state index is 13.3. The number of nitrogens with zero attached hydrogens (tertiary/aromatic N) is 2. The van der Waals surface area contributed by atoms with Crippen LogP contribution in [-0.2, 0) is 27.7 Å². The van der Waals surface area contributed by atoms with E-state index in [1.54, 1.807) is 18.3 Å².